The molecule has 1 saturated heterocycles. The van der Waals surface area contributed by atoms with Gasteiger partial charge in [0.2, 0.25) is 10.0 Å². The standard InChI is InChI=1S/C21H32N2O5S/c1-16-15-18(9-10-19(16)28-21(2,3)20(24)25)29(26,27)23-13-11-22(12-14-23)17-7-5-4-6-8-17/h9-10,15,17H,4-8,11-14H2,1-3H3,(H,24,25). The molecule has 0 unspecified atom stereocenters. The first kappa shape index (κ1) is 22.1. The molecule has 0 amide bonds. The average molecular weight is 425 g/mol. The minimum absolute atomic E-state index is 0.224. The van der Waals surface area contributed by atoms with E-state index < -0.39 is 21.6 Å². The number of piperazine rings is 1. The molecule has 29 heavy (non-hydrogen) atoms. The molecular formula is C21H32N2O5S. The van der Waals surface area contributed by atoms with Gasteiger partial charge in [-0.2, -0.15) is 4.31 Å². The lowest BCUT2D eigenvalue weighted by Crippen LogP contribution is -2.52. The number of nitrogens with zero attached hydrogens (tertiary/aromatic N) is 2. The Morgan fingerprint density at radius 3 is 2.28 bits per heavy atom. The van der Waals surface area contributed by atoms with Crippen LogP contribution in [0.4, 0.5) is 0 Å². The van der Waals surface area contributed by atoms with Crippen LogP contribution in [-0.4, -0.2) is 66.5 Å². The van der Waals surface area contributed by atoms with Crippen molar-refractivity contribution in [3.05, 3.63) is 23.8 Å². The van der Waals surface area contributed by atoms with Crippen LogP contribution in [-0.2, 0) is 14.8 Å². The Morgan fingerprint density at radius 2 is 1.72 bits per heavy atom. The van der Waals surface area contributed by atoms with Gasteiger partial charge in [0.05, 0.1) is 4.90 Å². The average Bonchev–Trinajstić information content (AvgIpc) is 2.70. The molecular weight excluding hydrogens is 392 g/mol. The number of carboxylic acids is 1. The van der Waals surface area contributed by atoms with Gasteiger partial charge in [-0.1, -0.05) is 19.3 Å². The Balaban J connectivity index is 1.68. The monoisotopic (exact) mass is 424 g/mol. The maximum Gasteiger partial charge on any atom is 0.347 e. The van der Waals surface area contributed by atoms with Gasteiger partial charge in [-0.25, -0.2) is 13.2 Å². The van der Waals surface area contributed by atoms with Crippen molar-refractivity contribution in [2.24, 2.45) is 0 Å². The number of rotatable bonds is 6. The summed E-state index contributed by atoms with van der Waals surface area (Å²) in [6.45, 7) is 7.21. The Labute approximate surface area is 173 Å². The van der Waals surface area contributed by atoms with E-state index in [0.717, 1.165) is 13.1 Å². The molecule has 1 N–H and O–H groups in total. The lowest BCUT2D eigenvalue weighted by atomic mass is 9.94. The van der Waals surface area contributed by atoms with Crippen LogP contribution >= 0.6 is 0 Å². The van der Waals surface area contributed by atoms with Gasteiger partial charge >= 0.3 is 5.97 Å². The van der Waals surface area contributed by atoms with Gasteiger partial charge in [0.1, 0.15) is 5.75 Å². The van der Waals surface area contributed by atoms with E-state index in [1.165, 1.54) is 52.0 Å². The number of carbonyl (C=O) groups is 1. The normalized spacial score (nSPS) is 20.5. The second-order valence-corrected chi connectivity index (χ2v) is 10.5. The van der Waals surface area contributed by atoms with Gasteiger partial charge < -0.3 is 9.84 Å². The number of aliphatic carboxylic acids is 1. The third-order valence-electron chi connectivity index (χ3n) is 6.03. The minimum atomic E-state index is -3.58. The summed E-state index contributed by atoms with van der Waals surface area (Å²) in [6, 6.07) is 5.22. The molecule has 3 rings (SSSR count). The summed E-state index contributed by atoms with van der Waals surface area (Å²) >= 11 is 0. The quantitative estimate of drug-likeness (QED) is 0.756. The van der Waals surface area contributed by atoms with Crippen molar-refractivity contribution in [1.29, 1.82) is 0 Å². The molecule has 1 saturated carbocycles. The minimum Gasteiger partial charge on any atom is -0.478 e. The smallest absolute Gasteiger partial charge is 0.347 e. The van der Waals surface area contributed by atoms with E-state index in [1.807, 2.05) is 0 Å². The number of sulfonamides is 1. The topological polar surface area (TPSA) is 87.2 Å². The van der Waals surface area contributed by atoms with Gasteiger partial charge in [-0.05, 0) is 57.4 Å². The van der Waals surface area contributed by atoms with Crippen molar-refractivity contribution in [2.45, 2.75) is 69.4 Å². The van der Waals surface area contributed by atoms with Crippen molar-refractivity contribution in [3.8, 4) is 5.75 Å². The van der Waals surface area contributed by atoms with Crippen LogP contribution in [0.3, 0.4) is 0 Å². The zero-order chi connectivity index (χ0) is 21.2. The van der Waals surface area contributed by atoms with E-state index in [9.17, 15) is 18.3 Å². The van der Waals surface area contributed by atoms with Gasteiger partial charge in [0.25, 0.3) is 0 Å². The third kappa shape index (κ3) is 4.92. The number of hydrogen-bond acceptors (Lipinski definition) is 5. The molecule has 0 radical (unpaired) electrons. The van der Waals surface area contributed by atoms with E-state index in [2.05, 4.69) is 4.90 Å². The predicted molar refractivity (Wildman–Crippen MR) is 111 cm³/mol. The Morgan fingerprint density at radius 1 is 1.10 bits per heavy atom. The Kier molecular flexibility index (Phi) is 6.55. The highest BCUT2D eigenvalue weighted by molar-refractivity contribution is 7.89. The highest BCUT2D eigenvalue weighted by Gasteiger charge is 2.33. The van der Waals surface area contributed by atoms with Crippen molar-refractivity contribution >= 4 is 16.0 Å². The molecule has 0 bridgehead atoms. The van der Waals surface area contributed by atoms with E-state index in [4.69, 9.17) is 4.74 Å². The Bertz CT molecular complexity index is 839. The van der Waals surface area contributed by atoms with E-state index in [0.29, 0.717) is 30.4 Å². The maximum absolute atomic E-state index is 13.1. The molecule has 0 atom stereocenters. The molecule has 1 aliphatic carbocycles. The van der Waals surface area contributed by atoms with Gasteiger partial charge in [-0.15, -0.1) is 0 Å². The van der Waals surface area contributed by atoms with Gasteiger partial charge in [0, 0.05) is 32.2 Å². The highest BCUT2D eigenvalue weighted by atomic mass is 32.2. The summed E-state index contributed by atoms with van der Waals surface area (Å²) in [7, 11) is -3.58. The number of aryl methyl sites for hydroxylation is 1. The first-order chi connectivity index (χ1) is 13.6. The van der Waals surface area contributed by atoms with Crippen molar-refractivity contribution in [2.75, 3.05) is 26.2 Å². The summed E-state index contributed by atoms with van der Waals surface area (Å²) in [5.41, 5.74) is -0.790. The second kappa shape index (κ2) is 8.62. The molecule has 7 nitrogen and oxygen atoms in total. The van der Waals surface area contributed by atoms with Gasteiger partial charge in [0.15, 0.2) is 5.60 Å². The summed E-state index contributed by atoms with van der Waals surface area (Å²) in [6.07, 6.45) is 6.30. The lowest BCUT2D eigenvalue weighted by molar-refractivity contribution is -0.152. The molecule has 1 aromatic carbocycles. The Hall–Kier alpha value is -1.64. The molecule has 8 heteroatoms. The molecule has 2 aliphatic rings. The first-order valence-electron chi connectivity index (χ1n) is 10.4. The SMILES string of the molecule is Cc1cc(S(=O)(=O)N2CCN(C3CCCCC3)CC2)ccc1OC(C)(C)C(=O)O. The lowest BCUT2D eigenvalue weighted by Gasteiger charge is -2.40. The molecule has 0 spiro atoms. The zero-order valence-corrected chi connectivity index (χ0v) is 18.4. The van der Waals surface area contributed by atoms with Crippen LogP contribution in [0.15, 0.2) is 23.1 Å². The molecule has 162 valence electrons. The van der Waals surface area contributed by atoms with Crippen LogP contribution in [0.25, 0.3) is 0 Å². The van der Waals surface area contributed by atoms with Crippen LogP contribution < -0.4 is 4.74 Å². The third-order valence-corrected chi connectivity index (χ3v) is 7.92. The summed E-state index contributed by atoms with van der Waals surface area (Å²) in [4.78, 5) is 13.9. The first-order valence-corrected chi connectivity index (χ1v) is 11.8. The van der Waals surface area contributed by atoms with Crippen LogP contribution in [0.2, 0.25) is 0 Å². The molecule has 0 aromatic heterocycles. The van der Waals surface area contributed by atoms with E-state index >= 15 is 0 Å². The summed E-state index contributed by atoms with van der Waals surface area (Å²) in [5.74, 6) is -0.706. The fourth-order valence-electron chi connectivity index (χ4n) is 4.12. The highest BCUT2D eigenvalue weighted by Crippen LogP contribution is 2.29. The number of benzene rings is 1. The maximum atomic E-state index is 13.1. The fraction of sp³-hybridized carbons (Fsp3) is 0.667. The summed E-state index contributed by atoms with van der Waals surface area (Å²) in [5, 5.41) is 9.23. The van der Waals surface area contributed by atoms with E-state index in [1.54, 1.807) is 23.4 Å². The molecule has 1 aromatic rings. The van der Waals surface area contributed by atoms with Crippen molar-refractivity contribution < 1.29 is 23.1 Å². The van der Waals surface area contributed by atoms with E-state index in [-0.39, 0.29) is 4.90 Å². The zero-order valence-electron chi connectivity index (χ0n) is 17.6. The summed E-state index contributed by atoms with van der Waals surface area (Å²) < 4.78 is 33.3. The largest absolute Gasteiger partial charge is 0.478 e. The fourth-order valence-corrected chi connectivity index (χ4v) is 5.63. The van der Waals surface area contributed by atoms with Crippen molar-refractivity contribution in [3.63, 3.8) is 0 Å². The van der Waals surface area contributed by atoms with Crippen molar-refractivity contribution in [1.82, 2.24) is 9.21 Å². The predicted octanol–water partition coefficient (Wildman–Crippen LogP) is 2.88. The van der Waals surface area contributed by atoms with Gasteiger partial charge in [-0.3, -0.25) is 4.90 Å². The number of carboxylic acid groups (broad SMARTS) is 1. The number of ether oxygens (including phenoxy) is 1. The van der Waals surface area contributed by atoms with Crippen LogP contribution in [0.5, 0.6) is 5.75 Å². The molecule has 1 heterocycles. The molecule has 1 aliphatic heterocycles. The number of hydrogen-bond donors (Lipinski definition) is 1. The van der Waals surface area contributed by atoms with Crippen LogP contribution in [0.1, 0.15) is 51.5 Å². The molecule has 2 fully saturated rings. The van der Waals surface area contributed by atoms with Crippen LogP contribution in [0, 0.1) is 6.92 Å². The second-order valence-electron chi connectivity index (χ2n) is 8.58.